The van der Waals surface area contributed by atoms with Gasteiger partial charge in [-0.25, -0.2) is 0 Å². The molecule has 0 aliphatic carbocycles. The zero-order valence-electron chi connectivity index (χ0n) is 14.6. The summed E-state index contributed by atoms with van der Waals surface area (Å²) in [6.07, 6.45) is 11.0. The van der Waals surface area contributed by atoms with Crippen molar-refractivity contribution in [1.29, 1.82) is 0 Å². The van der Waals surface area contributed by atoms with Gasteiger partial charge >= 0.3 is 0 Å². The molecule has 1 atom stereocenters. The standard InChI is InChI=1S/C19H35NO2/c1-5-8-17(15-16(4)18(21)10-14-20)9-13-19(22,11-6-2)12-7-3/h5,8,15,18,21-22H,1,6-7,9-14,20H2,2-4H3/b16-15+,17-8-. The first kappa shape index (κ1) is 21.1. The van der Waals surface area contributed by atoms with E-state index in [2.05, 4.69) is 20.4 Å². The molecule has 1 unspecified atom stereocenters. The van der Waals surface area contributed by atoms with Gasteiger partial charge in [-0.1, -0.05) is 51.5 Å². The number of hydrogen-bond donors (Lipinski definition) is 3. The van der Waals surface area contributed by atoms with E-state index in [1.807, 2.05) is 19.1 Å². The molecule has 3 nitrogen and oxygen atoms in total. The lowest BCUT2D eigenvalue weighted by atomic mass is 9.86. The van der Waals surface area contributed by atoms with Crippen LogP contribution < -0.4 is 5.73 Å². The van der Waals surface area contributed by atoms with Gasteiger partial charge in [-0.3, -0.25) is 0 Å². The van der Waals surface area contributed by atoms with Crippen LogP contribution in [-0.2, 0) is 0 Å². The maximum atomic E-state index is 10.7. The van der Waals surface area contributed by atoms with Gasteiger partial charge in [0.1, 0.15) is 0 Å². The second-order valence-electron chi connectivity index (χ2n) is 6.18. The smallest absolute Gasteiger partial charge is 0.0762 e. The third kappa shape index (κ3) is 8.52. The fraction of sp³-hybridized carbons (Fsp3) is 0.684. The van der Waals surface area contributed by atoms with Crippen LogP contribution in [0.25, 0.3) is 0 Å². The molecule has 0 bridgehead atoms. The molecular weight excluding hydrogens is 274 g/mol. The van der Waals surface area contributed by atoms with E-state index in [0.29, 0.717) is 13.0 Å². The van der Waals surface area contributed by atoms with Gasteiger partial charge in [-0.15, -0.1) is 0 Å². The van der Waals surface area contributed by atoms with E-state index in [1.54, 1.807) is 6.08 Å². The summed E-state index contributed by atoms with van der Waals surface area (Å²) in [5.74, 6) is 0. The van der Waals surface area contributed by atoms with E-state index in [4.69, 9.17) is 5.73 Å². The molecule has 0 aromatic rings. The van der Waals surface area contributed by atoms with Gasteiger partial charge in [0.25, 0.3) is 0 Å². The van der Waals surface area contributed by atoms with Crippen LogP contribution in [0.2, 0.25) is 0 Å². The third-order valence-electron chi connectivity index (χ3n) is 4.02. The highest BCUT2D eigenvalue weighted by Gasteiger charge is 2.24. The Bertz CT molecular complexity index is 366. The van der Waals surface area contributed by atoms with E-state index < -0.39 is 11.7 Å². The van der Waals surface area contributed by atoms with Crippen molar-refractivity contribution in [2.75, 3.05) is 6.54 Å². The summed E-state index contributed by atoms with van der Waals surface area (Å²) in [7, 11) is 0. The Hall–Kier alpha value is -0.900. The minimum atomic E-state index is -0.582. The fourth-order valence-electron chi connectivity index (χ4n) is 2.81. The second kappa shape index (κ2) is 11.6. The number of allylic oxidation sites excluding steroid dienone is 4. The molecule has 128 valence electrons. The molecule has 0 heterocycles. The van der Waals surface area contributed by atoms with Gasteiger partial charge < -0.3 is 15.9 Å². The van der Waals surface area contributed by atoms with Crippen molar-refractivity contribution in [3.8, 4) is 0 Å². The van der Waals surface area contributed by atoms with Gasteiger partial charge in [0.05, 0.1) is 11.7 Å². The first-order valence-corrected chi connectivity index (χ1v) is 8.52. The predicted octanol–water partition coefficient (Wildman–Crippen LogP) is 3.87. The topological polar surface area (TPSA) is 66.5 Å². The van der Waals surface area contributed by atoms with Crippen molar-refractivity contribution in [3.63, 3.8) is 0 Å². The molecule has 0 aromatic heterocycles. The minimum absolute atomic E-state index is 0.472. The Balaban J connectivity index is 4.88. The highest BCUT2D eigenvalue weighted by Crippen LogP contribution is 2.27. The highest BCUT2D eigenvalue weighted by molar-refractivity contribution is 5.27. The fourth-order valence-corrected chi connectivity index (χ4v) is 2.81. The Morgan fingerprint density at radius 3 is 2.27 bits per heavy atom. The lowest BCUT2D eigenvalue weighted by Crippen LogP contribution is -2.28. The van der Waals surface area contributed by atoms with Gasteiger partial charge in [0.15, 0.2) is 0 Å². The Labute approximate surface area is 136 Å². The summed E-state index contributed by atoms with van der Waals surface area (Å²) < 4.78 is 0. The number of hydrogen-bond acceptors (Lipinski definition) is 3. The molecule has 0 rings (SSSR count). The van der Waals surface area contributed by atoms with Crippen LogP contribution in [0.5, 0.6) is 0 Å². The number of nitrogens with two attached hydrogens (primary N) is 1. The molecular formula is C19H35NO2. The van der Waals surface area contributed by atoms with Crippen molar-refractivity contribution in [2.24, 2.45) is 5.73 Å². The van der Waals surface area contributed by atoms with Gasteiger partial charge in [0, 0.05) is 0 Å². The van der Waals surface area contributed by atoms with Crippen molar-refractivity contribution in [2.45, 2.75) is 77.4 Å². The lowest BCUT2D eigenvalue weighted by molar-refractivity contribution is 0.0134. The molecule has 0 aromatic carbocycles. The lowest BCUT2D eigenvalue weighted by Gasteiger charge is -2.28. The zero-order chi connectivity index (χ0) is 17.0. The average molecular weight is 309 g/mol. The molecule has 0 spiro atoms. The molecule has 0 aliphatic rings. The van der Waals surface area contributed by atoms with Crippen molar-refractivity contribution in [3.05, 3.63) is 36.0 Å². The first-order valence-electron chi connectivity index (χ1n) is 8.52. The Morgan fingerprint density at radius 2 is 1.82 bits per heavy atom. The summed E-state index contributed by atoms with van der Waals surface area (Å²) >= 11 is 0. The molecule has 4 N–H and O–H groups in total. The van der Waals surface area contributed by atoms with E-state index >= 15 is 0 Å². The zero-order valence-corrected chi connectivity index (χ0v) is 14.6. The van der Waals surface area contributed by atoms with Crippen LogP contribution in [0.1, 0.15) is 65.7 Å². The van der Waals surface area contributed by atoms with Gasteiger partial charge in [-0.05, 0) is 56.7 Å². The van der Waals surface area contributed by atoms with Crippen LogP contribution in [0.3, 0.4) is 0 Å². The van der Waals surface area contributed by atoms with Crippen LogP contribution in [-0.4, -0.2) is 28.5 Å². The molecule has 22 heavy (non-hydrogen) atoms. The van der Waals surface area contributed by atoms with Crippen molar-refractivity contribution < 1.29 is 10.2 Å². The second-order valence-corrected chi connectivity index (χ2v) is 6.18. The number of aliphatic hydroxyl groups is 2. The summed E-state index contributed by atoms with van der Waals surface area (Å²) in [6, 6.07) is 0. The summed E-state index contributed by atoms with van der Waals surface area (Å²) in [5.41, 5.74) is 6.91. The van der Waals surface area contributed by atoms with Crippen LogP contribution in [0.4, 0.5) is 0 Å². The highest BCUT2D eigenvalue weighted by atomic mass is 16.3. The van der Waals surface area contributed by atoms with Gasteiger partial charge in [0.2, 0.25) is 0 Å². The third-order valence-corrected chi connectivity index (χ3v) is 4.02. The number of rotatable bonds is 12. The quantitative estimate of drug-likeness (QED) is 0.479. The Kier molecular flexibility index (Phi) is 11.2. The van der Waals surface area contributed by atoms with Crippen molar-refractivity contribution >= 4 is 0 Å². The van der Waals surface area contributed by atoms with Crippen molar-refractivity contribution in [1.82, 2.24) is 0 Å². The Morgan fingerprint density at radius 1 is 1.23 bits per heavy atom. The predicted molar refractivity (Wildman–Crippen MR) is 95.7 cm³/mol. The normalized spacial score (nSPS) is 15.0. The monoisotopic (exact) mass is 309 g/mol. The van der Waals surface area contributed by atoms with E-state index in [-0.39, 0.29) is 0 Å². The van der Waals surface area contributed by atoms with Gasteiger partial charge in [-0.2, -0.15) is 0 Å². The summed E-state index contributed by atoms with van der Waals surface area (Å²) in [5, 5.41) is 20.7. The largest absolute Gasteiger partial charge is 0.390 e. The molecule has 0 saturated carbocycles. The first-order chi connectivity index (χ1) is 10.4. The van der Waals surface area contributed by atoms with Crippen LogP contribution >= 0.6 is 0 Å². The van der Waals surface area contributed by atoms with E-state index in [0.717, 1.165) is 49.7 Å². The molecule has 3 heteroatoms. The maximum absolute atomic E-state index is 10.7. The average Bonchev–Trinajstić information content (AvgIpc) is 2.46. The maximum Gasteiger partial charge on any atom is 0.0762 e. The molecule has 0 radical (unpaired) electrons. The van der Waals surface area contributed by atoms with Crippen LogP contribution in [0.15, 0.2) is 36.0 Å². The molecule has 0 saturated heterocycles. The molecule has 0 aliphatic heterocycles. The SMILES string of the molecule is C=C/C=C(\C=C(/C)C(O)CCN)CCC(O)(CCC)CCC. The minimum Gasteiger partial charge on any atom is -0.390 e. The van der Waals surface area contributed by atoms with E-state index in [1.165, 1.54) is 0 Å². The summed E-state index contributed by atoms with van der Waals surface area (Å²) in [6.45, 7) is 10.4. The van der Waals surface area contributed by atoms with E-state index in [9.17, 15) is 10.2 Å². The summed E-state index contributed by atoms with van der Waals surface area (Å²) in [4.78, 5) is 0. The molecule has 0 fully saturated rings. The molecule has 0 amide bonds. The number of aliphatic hydroxyl groups excluding tert-OH is 1. The van der Waals surface area contributed by atoms with Crippen LogP contribution in [0, 0.1) is 0 Å².